The summed E-state index contributed by atoms with van der Waals surface area (Å²) in [6, 6.07) is 65.6. The lowest BCUT2D eigenvalue weighted by molar-refractivity contribution is 0.728. The molecule has 0 N–H and O–H groups in total. The highest BCUT2D eigenvalue weighted by atomic mass is 15.0. The molecule has 1 aliphatic heterocycles. The normalized spacial score (nSPS) is 13.9. The minimum atomic E-state index is -0.512. The SMILES string of the molecule is c1ccc(C2(c3ccccc3)c3ccccc3-n3c4cc5c6ccccc6n6c7cccc8c9ccccc9n(c87)c(c4c4cccc2c43)c56)cc1. The fourth-order valence-corrected chi connectivity index (χ4v) is 10.4. The van der Waals surface area contributed by atoms with Crippen LogP contribution in [-0.4, -0.2) is 13.4 Å². The van der Waals surface area contributed by atoms with Gasteiger partial charge in [-0.2, -0.15) is 0 Å². The average molecular weight is 660 g/mol. The van der Waals surface area contributed by atoms with E-state index in [0.29, 0.717) is 0 Å². The second-order valence-corrected chi connectivity index (χ2v) is 14.4. The first-order valence-electron chi connectivity index (χ1n) is 18.1. The fourth-order valence-electron chi connectivity index (χ4n) is 10.4. The summed E-state index contributed by atoms with van der Waals surface area (Å²) in [7, 11) is 0. The summed E-state index contributed by atoms with van der Waals surface area (Å²) >= 11 is 0. The third-order valence-corrected chi connectivity index (χ3v) is 12.2. The lowest BCUT2D eigenvalue weighted by atomic mass is 9.63. The number of fused-ring (bicyclic) bond motifs is 14. The Morgan fingerprint density at radius 1 is 0.327 bits per heavy atom. The van der Waals surface area contributed by atoms with Crippen molar-refractivity contribution in [3.8, 4) is 5.69 Å². The van der Waals surface area contributed by atoms with Gasteiger partial charge in [-0.25, -0.2) is 0 Å². The predicted molar refractivity (Wildman–Crippen MR) is 216 cm³/mol. The molecule has 3 nitrogen and oxygen atoms in total. The van der Waals surface area contributed by atoms with Crippen LogP contribution in [0.4, 0.5) is 0 Å². The van der Waals surface area contributed by atoms with Gasteiger partial charge in [-0.05, 0) is 52.6 Å². The molecule has 0 spiro atoms. The lowest BCUT2D eigenvalue weighted by Crippen LogP contribution is -2.35. The number of rotatable bonds is 2. The minimum absolute atomic E-state index is 0.512. The first-order chi connectivity index (χ1) is 25.9. The van der Waals surface area contributed by atoms with Gasteiger partial charge in [-0.3, -0.25) is 0 Å². The molecule has 0 atom stereocenters. The van der Waals surface area contributed by atoms with E-state index in [0.717, 1.165) is 0 Å². The Labute approximate surface area is 298 Å². The summed E-state index contributed by atoms with van der Waals surface area (Å²) in [5, 5.41) is 7.69. The third-order valence-electron chi connectivity index (χ3n) is 12.2. The van der Waals surface area contributed by atoms with Crippen LogP contribution in [0.25, 0.3) is 82.1 Å². The van der Waals surface area contributed by atoms with Crippen molar-refractivity contribution in [2.24, 2.45) is 0 Å². The van der Waals surface area contributed by atoms with Crippen LogP contribution in [0.2, 0.25) is 0 Å². The van der Waals surface area contributed by atoms with Crippen LogP contribution < -0.4 is 0 Å². The molecule has 0 fully saturated rings. The van der Waals surface area contributed by atoms with Crippen molar-refractivity contribution in [1.29, 1.82) is 0 Å². The van der Waals surface area contributed by atoms with Crippen LogP contribution in [-0.2, 0) is 5.41 Å². The van der Waals surface area contributed by atoms with E-state index in [-0.39, 0.29) is 0 Å². The summed E-state index contributed by atoms with van der Waals surface area (Å²) in [6.45, 7) is 0. The number of hydrogen-bond donors (Lipinski definition) is 0. The smallest absolute Gasteiger partial charge is 0.0811 e. The lowest BCUT2D eigenvalue weighted by Gasteiger charge is -2.41. The Balaban J connectivity index is 1.37. The van der Waals surface area contributed by atoms with Gasteiger partial charge in [0.25, 0.3) is 0 Å². The molecule has 0 radical (unpaired) electrons. The summed E-state index contributed by atoms with van der Waals surface area (Å²) in [5.41, 5.74) is 15.9. The predicted octanol–water partition coefficient (Wildman–Crippen LogP) is 12.0. The van der Waals surface area contributed by atoms with Gasteiger partial charge in [0.05, 0.1) is 55.2 Å². The highest BCUT2D eigenvalue weighted by Crippen LogP contribution is 2.55. The van der Waals surface area contributed by atoms with E-state index in [1.54, 1.807) is 0 Å². The summed E-state index contributed by atoms with van der Waals surface area (Å²) < 4.78 is 7.72. The molecule has 52 heavy (non-hydrogen) atoms. The molecule has 4 aromatic heterocycles. The zero-order valence-corrected chi connectivity index (χ0v) is 28.1. The van der Waals surface area contributed by atoms with Crippen LogP contribution >= 0.6 is 0 Å². The van der Waals surface area contributed by atoms with E-state index in [1.807, 2.05) is 0 Å². The van der Waals surface area contributed by atoms with Gasteiger partial charge in [-0.1, -0.05) is 146 Å². The fraction of sp³-hybridized carbons (Fsp3) is 0.0204. The average Bonchev–Trinajstić information content (AvgIpc) is 3.86. The molecule has 8 aromatic carbocycles. The van der Waals surface area contributed by atoms with Crippen molar-refractivity contribution in [2.45, 2.75) is 5.41 Å². The zero-order chi connectivity index (χ0) is 33.7. The summed E-state index contributed by atoms with van der Waals surface area (Å²) in [6.07, 6.45) is 0. The van der Waals surface area contributed by atoms with Crippen molar-refractivity contribution in [3.63, 3.8) is 0 Å². The zero-order valence-electron chi connectivity index (χ0n) is 28.1. The Kier molecular flexibility index (Phi) is 4.81. The molecule has 0 bridgehead atoms. The van der Waals surface area contributed by atoms with Crippen LogP contribution in [0.1, 0.15) is 22.3 Å². The third kappa shape index (κ3) is 2.92. The number of hydrogen-bond acceptors (Lipinski definition) is 0. The highest BCUT2D eigenvalue weighted by Gasteiger charge is 2.45. The second kappa shape index (κ2) is 9.28. The first-order valence-corrected chi connectivity index (χ1v) is 18.1. The van der Waals surface area contributed by atoms with Gasteiger partial charge in [0.2, 0.25) is 0 Å². The van der Waals surface area contributed by atoms with E-state index in [9.17, 15) is 0 Å². The van der Waals surface area contributed by atoms with Gasteiger partial charge in [0, 0.05) is 32.3 Å². The number of para-hydroxylation sites is 5. The number of aromatic nitrogens is 3. The van der Waals surface area contributed by atoms with Crippen molar-refractivity contribution < 1.29 is 0 Å². The molecule has 0 aliphatic carbocycles. The van der Waals surface area contributed by atoms with Crippen LogP contribution in [0.15, 0.2) is 176 Å². The maximum absolute atomic E-state index is 2.59. The topological polar surface area (TPSA) is 13.8 Å². The maximum atomic E-state index is 2.59. The molecular formula is C49H29N3. The van der Waals surface area contributed by atoms with E-state index >= 15 is 0 Å². The van der Waals surface area contributed by atoms with Crippen LogP contribution in [0, 0.1) is 0 Å². The van der Waals surface area contributed by atoms with Gasteiger partial charge in [0.1, 0.15) is 0 Å². The molecule has 3 heteroatoms. The van der Waals surface area contributed by atoms with Crippen molar-refractivity contribution in [2.75, 3.05) is 0 Å². The Bertz CT molecular complexity index is 3410. The van der Waals surface area contributed by atoms with Gasteiger partial charge in [0.15, 0.2) is 0 Å². The molecular weight excluding hydrogens is 631 g/mol. The highest BCUT2D eigenvalue weighted by molar-refractivity contribution is 6.31. The molecule has 0 amide bonds. The first kappa shape index (κ1) is 27.0. The van der Waals surface area contributed by atoms with Crippen molar-refractivity contribution in [3.05, 3.63) is 198 Å². The van der Waals surface area contributed by atoms with Crippen LogP contribution in [0.3, 0.4) is 0 Å². The largest absolute Gasteiger partial charge is 0.308 e. The Hall–Kier alpha value is -6.84. The molecule has 5 heterocycles. The number of nitrogens with zero attached hydrogens (tertiary/aromatic N) is 3. The molecule has 13 rings (SSSR count). The van der Waals surface area contributed by atoms with Crippen LogP contribution in [0.5, 0.6) is 0 Å². The molecule has 240 valence electrons. The molecule has 0 saturated heterocycles. The summed E-state index contributed by atoms with van der Waals surface area (Å²) in [5.74, 6) is 0. The van der Waals surface area contributed by atoms with Crippen molar-refractivity contribution >= 4 is 76.5 Å². The minimum Gasteiger partial charge on any atom is -0.308 e. The van der Waals surface area contributed by atoms with E-state index in [1.165, 1.54) is 104 Å². The quantitative estimate of drug-likeness (QED) is 0.164. The standard InChI is InChI=1S/C49H29N3/c1-3-15-30(16-4-1)49(31-17-5-2-6-18-31)37-23-9-12-27-41(37)51-43-29-36-33-20-8-10-25-39(33)50-42-28-14-21-34-32-19-7-11-26-40(32)52(46(34)42)48(47(36)50)44(43)35-22-13-24-38(49)45(35)51/h1-29H. The van der Waals surface area contributed by atoms with Gasteiger partial charge < -0.3 is 13.4 Å². The summed E-state index contributed by atoms with van der Waals surface area (Å²) in [4.78, 5) is 0. The van der Waals surface area contributed by atoms with Crippen molar-refractivity contribution in [1.82, 2.24) is 13.4 Å². The molecule has 1 aliphatic rings. The van der Waals surface area contributed by atoms with Gasteiger partial charge in [-0.15, -0.1) is 0 Å². The molecule has 0 unspecified atom stereocenters. The van der Waals surface area contributed by atoms with E-state index in [2.05, 4.69) is 189 Å². The number of benzene rings is 8. The monoisotopic (exact) mass is 659 g/mol. The Morgan fingerprint density at radius 3 is 1.65 bits per heavy atom. The van der Waals surface area contributed by atoms with E-state index < -0.39 is 5.41 Å². The Morgan fingerprint density at radius 2 is 0.885 bits per heavy atom. The van der Waals surface area contributed by atoms with Gasteiger partial charge >= 0.3 is 0 Å². The second-order valence-electron chi connectivity index (χ2n) is 14.4. The molecule has 12 aromatic rings. The molecule has 0 saturated carbocycles. The van der Waals surface area contributed by atoms with E-state index in [4.69, 9.17) is 0 Å². The maximum Gasteiger partial charge on any atom is 0.0811 e.